The van der Waals surface area contributed by atoms with Gasteiger partial charge in [0.1, 0.15) is 5.75 Å². The van der Waals surface area contributed by atoms with Crippen molar-refractivity contribution in [1.29, 1.82) is 0 Å². The lowest BCUT2D eigenvalue weighted by molar-refractivity contribution is 0.00490. The van der Waals surface area contributed by atoms with Gasteiger partial charge in [-0.15, -0.1) is 6.58 Å². The van der Waals surface area contributed by atoms with Crippen molar-refractivity contribution >= 4 is 20.9 Å². The number of ether oxygens (including phenoxy) is 1. The molecule has 3 unspecified atom stereocenters. The Balaban J connectivity index is 1.61. The molecule has 5 atom stereocenters. The van der Waals surface area contributed by atoms with Crippen molar-refractivity contribution in [1.82, 2.24) is 14.6 Å². The zero-order valence-corrected chi connectivity index (χ0v) is 20.5. The Hall–Kier alpha value is -2.74. The van der Waals surface area contributed by atoms with Crippen molar-refractivity contribution < 1.29 is 13.2 Å². The van der Waals surface area contributed by atoms with Crippen LogP contribution in [0.5, 0.6) is 5.75 Å². The number of sulfonamides is 1. The van der Waals surface area contributed by atoms with Crippen LogP contribution in [0.2, 0.25) is 0 Å². The summed E-state index contributed by atoms with van der Waals surface area (Å²) in [5, 5.41) is 0.904. The van der Waals surface area contributed by atoms with Gasteiger partial charge < -0.3 is 4.74 Å². The highest BCUT2D eigenvalue weighted by atomic mass is 32.2. The summed E-state index contributed by atoms with van der Waals surface area (Å²) in [6.07, 6.45) is 5.87. The van der Waals surface area contributed by atoms with Crippen molar-refractivity contribution in [2.24, 2.45) is 11.8 Å². The van der Waals surface area contributed by atoms with Gasteiger partial charge in [0.25, 0.3) is 0 Å². The van der Waals surface area contributed by atoms with Gasteiger partial charge in [-0.3, -0.25) is 9.88 Å². The lowest BCUT2D eigenvalue weighted by atomic mass is 9.73. The lowest BCUT2D eigenvalue weighted by Gasteiger charge is -2.51. The SMILES string of the molecule is C=CC1CN2CCC1C[C@H]2[C@@H](NS(=O)(=O)c1ccc(C)cc1)c1ccnc2ccc(OC)cc12. The maximum absolute atomic E-state index is 13.6. The maximum Gasteiger partial charge on any atom is 0.241 e. The van der Waals surface area contributed by atoms with E-state index in [0.717, 1.165) is 53.7 Å². The average molecular weight is 478 g/mol. The highest BCUT2D eigenvalue weighted by molar-refractivity contribution is 7.89. The van der Waals surface area contributed by atoms with Gasteiger partial charge in [0.15, 0.2) is 0 Å². The van der Waals surface area contributed by atoms with Crippen LogP contribution in [-0.4, -0.2) is 44.5 Å². The fourth-order valence-corrected chi connectivity index (χ4v) is 6.82. The molecule has 3 fully saturated rings. The van der Waals surface area contributed by atoms with Crippen molar-refractivity contribution in [3.05, 3.63) is 78.5 Å². The van der Waals surface area contributed by atoms with E-state index in [1.54, 1.807) is 25.4 Å². The number of fused-ring (bicyclic) bond motifs is 4. The monoisotopic (exact) mass is 477 g/mol. The predicted octanol–water partition coefficient (Wildman–Crippen LogP) is 4.47. The molecule has 3 aromatic rings. The van der Waals surface area contributed by atoms with E-state index in [9.17, 15) is 8.42 Å². The molecule has 0 radical (unpaired) electrons. The topological polar surface area (TPSA) is 71.5 Å². The van der Waals surface area contributed by atoms with Crippen LogP contribution >= 0.6 is 0 Å². The second kappa shape index (κ2) is 9.13. The predicted molar refractivity (Wildman–Crippen MR) is 134 cm³/mol. The van der Waals surface area contributed by atoms with Crippen LogP contribution in [0.15, 0.2) is 72.3 Å². The minimum absolute atomic E-state index is 0.0481. The molecule has 2 bridgehead atoms. The summed E-state index contributed by atoms with van der Waals surface area (Å²) in [6, 6.07) is 14.3. The summed E-state index contributed by atoms with van der Waals surface area (Å²) < 4.78 is 35.7. The number of methoxy groups -OCH3 is 1. The molecule has 0 amide bonds. The van der Waals surface area contributed by atoms with Gasteiger partial charge in [0.05, 0.1) is 23.6 Å². The smallest absolute Gasteiger partial charge is 0.241 e. The second-order valence-corrected chi connectivity index (χ2v) is 11.2. The molecule has 0 saturated carbocycles. The molecular formula is C27H31N3O3S. The molecule has 3 aliphatic rings. The Bertz CT molecular complexity index is 1310. The van der Waals surface area contributed by atoms with Gasteiger partial charge in [-0.2, -0.15) is 0 Å². The number of hydrogen-bond donors (Lipinski definition) is 1. The average Bonchev–Trinajstić information content (AvgIpc) is 2.87. The fourth-order valence-electron chi connectivity index (χ4n) is 5.57. The molecule has 34 heavy (non-hydrogen) atoms. The van der Waals surface area contributed by atoms with Crippen LogP contribution in [0.4, 0.5) is 0 Å². The molecule has 4 heterocycles. The Morgan fingerprint density at radius 1 is 1.21 bits per heavy atom. The molecule has 3 aliphatic heterocycles. The third kappa shape index (κ3) is 4.24. The van der Waals surface area contributed by atoms with Crippen LogP contribution in [0.3, 0.4) is 0 Å². The summed E-state index contributed by atoms with van der Waals surface area (Å²) in [6.45, 7) is 7.86. The number of aryl methyl sites for hydroxylation is 1. The molecule has 1 N–H and O–H groups in total. The zero-order chi connectivity index (χ0) is 23.9. The first-order valence-electron chi connectivity index (χ1n) is 11.8. The molecule has 6 nitrogen and oxygen atoms in total. The third-order valence-corrected chi connectivity index (χ3v) is 8.93. The van der Waals surface area contributed by atoms with Crippen molar-refractivity contribution in [2.75, 3.05) is 20.2 Å². The number of piperidine rings is 3. The third-order valence-electron chi connectivity index (χ3n) is 7.47. The quantitative estimate of drug-likeness (QED) is 0.509. The molecule has 3 saturated heterocycles. The van der Waals surface area contributed by atoms with E-state index in [2.05, 4.69) is 27.3 Å². The van der Waals surface area contributed by atoms with E-state index in [1.807, 2.05) is 43.3 Å². The number of aromatic nitrogens is 1. The number of benzene rings is 2. The fraction of sp³-hybridized carbons (Fsp3) is 0.370. The van der Waals surface area contributed by atoms with E-state index < -0.39 is 16.1 Å². The lowest BCUT2D eigenvalue weighted by Crippen LogP contribution is -2.57. The molecular weight excluding hydrogens is 446 g/mol. The number of rotatable bonds is 7. The molecule has 178 valence electrons. The Morgan fingerprint density at radius 2 is 2.00 bits per heavy atom. The van der Waals surface area contributed by atoms with Crippen molar-refractivity contribution in [3.8, 4) is 5.75 Å². The van der Waals surface area contributed by atoms with Gasteiger partial charge in [-0.1, -0.05) is 23.8 Å². The minimum atomic E-state index is -3.74. The van der Waals surface area contributed by atoms with E-state index in [0.29, 0.717) is 11.8 Å². The van der Waals surface area contributed by atoms with Gasteiger partial charge in [0.2, 0.25) is 10.0 Å². The van der Waals surface area contributed by atoms with Crippen LogP contribution in [0.25, 0.3) is 10.9 Å². The first-order chi connectivity index (χ1) is 16.4. The summed E-state index contributed by atoms with van der Waals surface area (Å²) in [4.78, 5) is 7.23. The standard InChI is InChI=1S/C27H31N3O3S/c1-4-19-17-30-14-12-20(19)15-26(30)27(29-34(31,32)22-8-5-18(2)6-9-22)23-11-13-28-25-10-7-21(33-3)16-24(23)25/h4-11,13,16,19-20,26-27,29H,1,12,14-15,17H2,2-3H3/t19?,20?,26-,27-/m0/s1. The maximum atomic E-state index is 13.6. The van der Waals surface area contributed by atoms with Gasteiger partial charge in [0, 0.05) is 24.2 Å². The van der Waals surface area contributed by atoms with Crippen LogP contribution in [0, 0.1) is 18.8 Å². The van der Waals surface area contributed by atoms with Gasteiger partial charge in [-0.05, 0) is 80.1 Å². The van der Waals surface area contributed by atoms with Crippen molar-refractivity contribution in [2.45, 2.75) is 36.7 Å². The van der Waals surface area contributed by atoms with E-state index in [4.69, 9.17) is 4.74 Å². The summed E-state index contributed by atoms with van der Waals surface area (Å²) >= 11 is 0. The van der Waals surface area contributed by atoms with Crippen molar-refractivity contribution in [3.63, 3.8) is 0 Å². The molecule has 0 spiro atoms. The Labute approximate surface area is 201 Å². The Kier molecular flexibility index (Phi) is 6.18. The normalized spacial score (nSPS) is 25.2. The van der Waals surface area contributed by atoms with E-state index in [-0.39, 0.29) is 10.9 Å². The van der Waals surface area contributed by atoms with Crippen LogP contribution in [-0.2, 0) is 10.0 Å². The number of pyridine rings is 1. The highest BCUT2D eigenvalue weighted by Crippen LogP contribution is 2.42. The van der Waals surface area contributed by atoms with Crippen LogP contribution < -0.4 is 9.46 Å². The molecule has 6 rings (SSSR count). The number of hydrogen-bond acceptors (Lipinski definition) is 5. The molecule has 7 heteroatoms. The van der Waals surface area contributed by atoms with Crippen LogP contribution in [0.1, 0.15) is 30.0 Å². The van der Waals surface area contributed by atoms with Gasteiger partial charge >= 0.3 is 0 Å². The second-order valence-electron chi connectivity index (χ2n) is 9.44. The minimum Gasteiger partial charge on any atom is -0.497 e. The summed E-state index contributed by atoms with van der Waals surface area (Å²) in [5.41, 5.74) is 2.76. The molecule has 2 aromatic carbocycles. The summed E-state index contributed by atoms with van der Waals surface area (Å²) in [7, 11) is -2.11. The number of nitrogens with one attached hydrogen (secondary N) is 1. The van der Waals surface area contributed by atoms with Gasteiger partial charge in [-0.25, -0.2) is 13.1 Å². The number of nitrogens with zero attached hydrogens (tertiary/aromatic N) is 2. The summed E-state index contributed by atoms with van der Waals surface area (Å²) in [5.74, 6) is 1.69. The van der Waals surface area contributed by atoms with E-state index >= 15 is 0 Å². The largest absolute Gasteiger partial charge is 0.497 e. The first-order valence-corrected chi connectivity index (χ1v) is 13.3. The first kappa shape index (κ1) is 23.0. The molecule has 0 aliphatic carbocycles. The highest BCUT2D eigenvalue weighted by Gasteiger charge is 2.44. The zero-order valence-electron chi connectivity index (χ0n) is 19.6. The van der Waals surface area contributed by atoms with E-state index in [1.165, 1.54) is 0 Å². The molecule has 1 aromatic heterocycles. The Morgan fingerprint density at radius 3 is 2.68 bits per heavy atom.